The maximum Gasteiger partial charge on any atom is 0.182 e. The molecule has 0 spiro atoms. The first-order chi connectivity index (χ1) is 13.6. The normalized spacial score (nSPS) is 15.8. The predicted octanol–water partition coefficient (Wildman–Crippen LogP) is 3.82. The van der Waals surface area contributed by atoms with Crippen LogP contribution in [0, 0.1) is 12.8 Å². The predicted molar refractivity (Wildman–Crippen MR) is 116 cm³/mol. The molecule has 1 aromatic carbocycles. The molecular formula is C20H24N4O2S2. The molecule has 1 atom stereocenters. The third kappa shape index (κ3) is 4.95. The summed E-state index contributed by atoms with van der Waals surface area (Å²) in [5.74, 6) is 0.236. The number of aryl methyl sites for hydroxylation is 1. The van der Waals surface area contributed by atoms with Crippen LogP contribution in [0.25, 0.3) is 10.6 Å². The summed E-state index contributed by atoms with van der Waals surface area (Å²) in [4.78, 5) is 22.5. The minimum atomic E-state index is -0.00543. The third-order valence-electron chi connectivity index (χ3n) is 4.47. The summed E-state index contributed by atoms with van der Waals surface area (Å²) in [5.41, 5.74) is 3.09. The van der Waals surface area contributed by atoms with Gasteiger partial charge in [0.1, 0.15) is 11.3 Å². The second-order valence-electron chi connectivity index (χ2n) is 6.43. The second kappa shape index (κ2) is 9.77. The Morgan fingerprint density at radius 2 is 2.11 bits per heavy atom. The summed E-state index contributed by atoms with van der Waals surface area (Å²) in [6, 6.07) is 10.3. The number of aliphatic hydroxyl groups excluding tert-OH is 1. The Hall–Kier alpha value is -2.29. The van der Waals surface area contributed by atoms with Crippen molar-refractivity contribution in [1.29, 1.82) is 0 Å². The fraction of sp³-hybridized carbons (Fsp3) is 0.350. The number of aromatic nitrogens is 2. The molecule has 148 valence electrons. The van der Waals surface area contributed by atoms with Gasteiger partial charge >= 0.3 is 0 Å². The Labute approximate surface area is 172 Å². The Bertz CT molecular complexity index is 895. The van der Waals surface area contributed by atoms with Crippen LogP contribution < -0.4 is 10.2 Å². The number of para-hydroxylation sites is 1. The average Bonchev–Trinajstić information content (AvgIpc) is 3.48. The fourth-order valence-corrected chi connectivity index (χ4v) is 4.64. The van der Waals surface area contributed by atoms with E-state index in [-0.39, 0.29) is 12.5 Å². The van der Waals surface area contributed by atoms with E-state index in [1.54, 1.807) is 11.3 Å². The molecule has 1 aliphatic heterocycles. The largest absolute Gasteiger partial charge is 0.389 e. The topological polar surface area (TPSA) is 78.4 Å². The van der Waals surface area contributed by atoms with E-state index in [9.17, 15) is 4.79 Å². The van der Waals surface area contributed by atoms with Crippen LogP contribution in [-0.2, 0) is 11.4 Å². The van der Waals surface area contributed by atoms with Gasteiger partial charge in [-0.2, -0.15) is 0 Å². The van der Waals surface area contributed by atoms with Crippen LogP contribution in [0.15, 0.2) is 35.7 Å². The molecule has 0 bridgehead atoms. The molecule has 1 saturated heterocycles. The summed E-state index contributed by atoms with van der Waals surface area (Å²) in [6.45, 7) is 3.82. The highest BCUT2D eigenvalue weighted by atomic mass is 32.1. The van der Waals surface area contributed by atoms with Gasteiger partial charge in [0, 0.05) is 37.1 Å². The number of hydrogen-bond acceptors (Lipinski definition) is 8. The van der Waals surface area contributed by atoms with Gasteiger partial charge in [-0.25, -0.2) is 9.97 Å². The maximum absolute atomic E-state index is 10.6. The van der Waals surface area contributed by atoms with E-state index in [0.29, 0.717) is 0 Å². The van der Waals surface area contributed by atoms with Crippen molar-refractivity contribution < 1.29 is 9.90 Å². The number of aldehydes is 1. The Kier molecular flexibility index (Phi) is 7.13. The molecule has 1 aliphatic rings. The number of anilines is 2. The van der Waals surface area contributed by atoms with Gasteiger partial charge in [-0.05, 0) is 25.5 Å². The highest BCUT2D eigenvalue weighted by Gasteiger charge is 2.21. The first-order valence-electron chi connectivity index (χ1n) is 9.10. The van der Waals surface area contributed by atoms with Gasteiger partial charge in [-0.1, -0.05) is 18.2 Å². The zero-order chi connectivity index (χ0) is 19.9. The van der Waals surface area contributed by atoms with Crippen molar-refractivity contribution in [3.05, 3.63) is 46.4 Å². The first kappa shape index (κ1) is 20.4. The fourth-order valence-electron chi connectivity index (χ4n) is 3.02. The highest BCUT2D eigenvalue weighted by molar-refractivity contribution is 7.16. The third-order valence-corrected chi connectivity index (χ3v) is 6.49. The van der Waals surface area contributed by atoms with Crippen molar-refractivity contribution in [2.75, 3.05) is 30.4 Å². The molecular weight excluding hydrogens is 392 g/mol. The van der Waals surface area contributed by atoms with Crippen molar-refractivity contribution in [1.82, 2.24) is 9.97 Å². The molecule has 2 aromatic heterocycles. The molecule has 2 N–H and O–H groups in total. The molecule has 1 unspecified atom stereocenters. The number of benzene rings is 1. The monoisotopic (exact) mass is 416 g/mol. The van der Waals surface area contributed by atoms with E-state index in [2.05, 4.69) is 32.3 Å². The Morgan fingerprint density at radius 3 is 2.68 bits per heavy atom. The number of thiazole rings is 2. The zero-order valence-electron chi connectivity index (χ0n) is 16.0. The highest BCUT2D eigenvalue weighted by Crippen LogP contribution is 2.32. The van der Waals surface area contributed by atoms with Crippen molar-refractivity contribution in [2.45, 2.75) is 20.0 Å². The summed E-state index contributed by atoms with van der Waals surface area (Å²) >= 11 is 3.06. The lowest BCUT2D eigenvalue weighted by Gasteiger charge is -2.17. The lowest BCUT2D eigenvalue weighted by atomic mass is 10.1. The number of rotatable bonds is 5. The zero-order valence-corrected chi connectivity index (χ0v) is 17.6. The number of aliphatic hydroxyl groups is 1. The SMILES string of the molecule is CNc1nc(-c2sc(CO)nc2C)cs1.O=CC1CCN(c2ccccc2)C1. The van der Waals surface area contributed by atoms with Gasteiger partial charge < -0.3 is 20.1 Å². The smallest absolute Gasteiger partial charge is 0.182 e. The molecule has 8 heteroatoms. The quantitative estimate of drug-likeness (QED) is 0.616. The lowest BCUT2D eigenvalue weighted by molar-refractivity contribution is -0.110. The van der Waals surface area contributed by atoms with Gasteiger partial charge in [-0.15, -0.1) is 22.7 Å². The average molecular weight is 417 g/mol. The number of hydrogen-bond donors (Lipinski definition) is 2. The standard InChI is InChI=1S/C11H13NO.C9H11N3OS2/c13-9-10-6-7-12(8-10)11-4-2-1-3-5-11;1-5-8(15-7(3-13)11-5)6-4-14-9(10-2)12-6/h1-5,9-10H,6-8H2;4,13H,3H2,1-2H3,(H,10,12). The van der Waals surface area contributed by atoms with Gasteiger partial charge in [0.2, 0.25) is 0 Å². The van der Waals surface area contributed by atoms with Crippen LogP contribution in [0.3, 0.4) is 0 Å². The van der Waals surface area contributed by atoms with Crippen LogP contribution in [-0.4, -0.2) is 41.5 Å². The molecule has 6 nitrogen and oxygen atoms in total. The van der Waals surface area contributed by atoms with Crippen molar-refractivity contribution >= 4 is 39.8 Å². The number of nitrogens with one attached hydrogen (secondary N) is 1. The minimum Gasteiger partial charge on any atom is -0.389 e. The Morgan fingerprint density at radius 1 is 1.32 bits per heavy atom. The van der Waals surface area contributed by atoms with E-state index >= 15 is 0 Å². The van der Waals surface area contributed by atoms with E-state index in [1.165, 1.54) is 17.0 Å². The molecule has 0 aliphatic carbocycles. The van der Waals surface area contributed by atoms with Crippen LogP contribution >= 0.6 is 22.7 Å². The first-order valence-corrected chi connectivity index (χ1v) is 10.8. The van der Waals surface area contributed by atoms with Crippen LogP contribution in [0.5, 0.6) is 0 Å². The van der Waals surface area contributed by atoms with Crippen molar-refractivity contribution in [2.24, 2.45) is 5.92 Å². The van der Waals surface area contributed by atoms with Crippen molar-refractivity contribution in [3.63, 3.8) is 0 Å². The van der Waals surface area contributed by atoms with E-state index in [0.717, 1.165) is 52.2 Å². The molecule has 0 saturated carbocycles. The van der Waals surface area contributed by atoms with Gasteiger partial charge in [0.15, 0.2) is 5.13 Å². The molecule has 28 heavy (non-hydrogen) atoms. The van der Waals surface area contributed by atoms with Gasteiger partial charge in [-0.3, -0.25) is 0 Å². The van der Waals surface area contributed by atoms with E-state index < -0.39 is 0 Å². The molecule has 0 amide bonds. The summed E-state index contributed by atoms with van der Waals surface area (Å²) in [7, 11) is 1.85. The summed E-state index contributed by atoms with van der Waals surface area (Å²) in [5, 5.41) is 15.6. The van der Waals surface area contributed by atoms with Crippen LogP contribution in [0.4, 0.5) is 10.8 Å². The van der Waals surface area contributed by atoms with Gasteiger partial charge in [0.25, 0.3) is 0 Å². The van der Waals surface area contributed by atoms with E-state index in [4.69, 9.17) is 5.11 Å². The molecule has 3 aromatic rings. The van der Waals surface area contributed by atoms with Crippen LogP contribution in [0.1, 0.15) is 17.1 Å². The van der Waals surface area contributed by atoms with Crippen LogP contribution in [0.2, 0.25) is 0 Å². The summed E-state index contributed by atoms with van der Waals surface area (Å²) < 4.78 is 0. The number of carbonyl (C=O) groups is 1. The van der Waals surface area contributed by atoms with E-state index in [1.807, 2.05) is 37.6 Å². The lowest BCUT2D eigenvalue weighted by Crippen LogP contribution is -2.19. The Balaban J connectivity index is 0.000000162. The van der Waals surface area contributed by atoms with Gasteiger partial charge in [0.05, 0.1) is 22.9 Å². The molecule has 0 radical (unpaired) electrons. The number of carbonyl (C=O) groups excluding carboxylic acids is 1. The molecule has 1 fully saturated rings. The van der Waals surface area contributed by atoms with Crippen molar-refractivity contribution in [3.8, 4) is 10.6 Å². The maximum atomic E-state index is 10.6. The molecule has 3 heterocycles. The summed E-state index contributed by atoms with van der Waals surface area (Å²) in [6.07, 6.45) is 2.07. The minimum absolute atomic E-state index is 0.00543. The second-order valence-corrected chi connectivity index (χ2v) is 8.38. The molecule has 4 rings (SSSR count). The number of nitrogens with zero attached hydrogens (tertiary/aromatic N) is 3.